The molecule has 3 rings (SSSR count). The van der Waals surface area contributed by atoms with Crippen molar-refractivity contribution in [2.45, 2.75) is 44.9 Å². The number of sulfonamides is 1. The monoisotopic (exact) mass is 378 g/mol. The van der Waals surface area contributed by atoms with E-state index in [-0.39, 0.29) is 17.6 Å². The maximum atomic E-state index is 12.7. The van der Waals surface area contributed by atoms with Crippen LogP contribution in [0.2, 0.25) is 0 Å². The summed E-state index contributed by atoms with van der Waals surface area (Å²) in [7, 11) is -3.29. The molecule has 1 atom stereocenters. The third-order valence-electron chi connectivity index (χ3n) is 5.51. The minimum Gasteiger partial charge on any atom is -0.342 e. The highest BCUT2D eigenvalue weighted by molar-refractivity contribution is 7.89. The highest BCUT2D eigenvalue weighted by Crippen LogP contribution is 2.23. The first-order valence-electron chi connectivity index (χ1n) is 9.87. The van der Waals surface area contributed by atoms with Crippen LogP contribution in [-0.4, -0.2) is 55.5 Å². The van der Waals surface area contributed by atoms with Gasteiger partial charge >= 0.3 is 0 Å². The predicted octanol–water partition coefficient (Wildman–Crippen LogP) is 2.67. The minimum absolute atomic E-state index is 0.159. The van der Waals surface area contributed by atoms with Crippen molar-refractivity contribution in [3.8, 4) is 0 Å². The maximum Gasteiger partial charge on any atom is 0.227 e. The Bertz CT molecular complexity index is 684. The van der Waals surface area contributed by atoms with Crippen molar-refractivity contribution < 1.29 is 13.2 Å². The average molecular weight is 379 g/mol. The lowest BCUT2D eigenvalue weighted by atomic mass is 9.97. The number of benzene rings is 1. The summed E-state index contributed by atoms with van der Waals surface area (Å²) in [6, 6.07) is 9.98. The van der Waals surface area contributed by atoms with Gasteiger partial charge in [-0.05, 0) is 50.5 Å². The van der Waals surface area contributed by atoms with Crippen LogP contribution in [0.5, 0.6) is 0 Å². The second kappa shape index (κ2) is 9.00. The Hall–Kier alpha value is -1.40. The number of carbonyl (C=O) groups excluding carboxylic acids is 1. The average Bonchev–Trinajstić information content (AvgIpc) is 2.69. The quantitative estimate of drug-likeness (QED) is 0.765. The van der Waals surface area contributed by atoms with Gasteiger partial charge in [-0.1, -0.05) is 30.3 Å². The molecular formula is C20H30N2O3S. The first-order valence-corrected chi connectivity index (χ1v) is 11.5. The van der Waals surface area contributed by atoms with Crippen LogP contribution in [0.3, 0.4) is 0 Å². The van der Waals surface area contributed by atoms with Crippen LogP contribution in [0.1, 0.15) is 44.1 Å². The molecule has 0 radical (unpaired) electrons. The zero-order valence-electron chi connectivity index (χ0n) is 15.5. The van der Waals surface area contributed by atoms with Gasteiger partial charge in [0.15, 0.2) is 0 Å². The number of hydrogen-bond donors (Lipinski definition) is 0. The molecule has 5 nitrogen and oxygen atoms in total. The molecule has 26 heavy (non-hydrogen) atoms. The van der Waals surface area contributed by atoms with Crippen molar-refractivity contribution in [1.82, 2.24) is 9.21 Å². The lowest BCUT2D eigenvalue weighted by Gasteiger charge is -2.35. The molecule has 1 aromatic rings. The molecule has 2 aliphatic rings. The van der Waals surface area contributed by atoms with Gasteiger partial charge in [-0.3, -0.25) is 4.79 Å². The SMILES string of the molecule is O=C(C1CCCN(S(=O)(=O)CCCc2ccccc2)C1)N1CCCCC1. The Morgan fingerprint density at radius 2 is 1.73 bits per heavy atom. The molecule has 2 fully saturated rings. The Morgan fingerprint density at radius 3 is 2.46 bits per heavy atom. The van der Waals surface area contributed by atoms with E-state index in [1.807, 2.05) is 35.2 Å². The number of hydrogen-bond acceptors (Lipinski definition) is 3. The topological polar surface area (TPSA) is 57.7 Å². The van der Waals surface area contributed by atoms with Crippen molar-refractivity contribution in [3.05, 3.63) is 35.9 Å². The van der Waals surface area contributed by atoms with Crippen LogP contribution < -0.4 is 0 Å². The molecule has 1 amide bonds. The Balaban J connectivity index is 1.52. The Morgan fingerprint density at radius 1 is 1.00 bits per heavy atom. The van der Waals surface area contributed by atoms with Gasteiger partial charge < -0.3 is 4.90 Å². The highest BCUT2D eigenvalue weighted by Gasteiger charge is 2.34. The summed E-state index contributed by atoms with van der Waals surface area (Å²) >= 11 is 0. The highest BCUT2D eigenvalue weighted by atomic mass is 32.2. The van der Waals surface area contributed by atoms with Crippen molar-refractivity contribution in [2.24, 2.45) is 5.92 Å². The van der Waals surface area contributed by atoms with Gasteiger partial charge in [0.25, 0.3) is 0 Å². The van der Waals surface area contributed by atoms with Crippen molar-refractivity contribution in [3.63, 3.8) is 0 Å². The Kier molecular flexibility index (Phi) is 6.70. The number of likely N-dealkylation sites (tertiary alicyclic amines) is 1. The van der Waals surface area contributed by atoms with E-state index < -0.39 is 10.0 Å². The normalized spacial score (nSPS) is 22.3. The molecule has 0 aromatic heterocycles. The number of nitrogens with zero attached hydrogens (tertiary/aromatic N) is 2. The molecule has 0 saturated carbocycles. The zero-order valence-corrected chi connectivity index (χ0v) is 16.3. The summed E-state index contributed by atoms with van der Waals surface area (Å²) in [5.41, 5.74) is 1.17. The van der Waals surface area contributed by atoms with Crippen LogP contribution in [0.25, 0.3) is 0 Å². The second-order valence-electron chi connectivity index (χ2n) is 7.49. The molecule has 2 heterocycles. The molecule has 0 aliphatic carbocycles. The van der Waals surface area contributed by atoms with Gasteiger partial charge in [0.05, 0.1) is 11.7 Å². The number of aryl methyl sites for hydroxylation is 1. The van der Waals surface area contributed by atoms with Gasteiger partial charge in [0, 0.05) is 26.2 Å². The van der Waals surface area contributed by atoms with Crippen LogP contribution >= 0.6 is 0 Å². The molecule has 144 valence electrons. The van der Waals surface area contributed by atoms with Gasteiger partial charge in [0.2, 0.25) is 15.9 Å². The molecule has 0 spiro atoms. The molecule has 0 N–H and O–H groups in total. The van der Waals surface area contributed by atoms with Gasteiger partial charge in [-0.15, -0.1) is 0 Å². The number of amides is 1. The van der Waals surface area contributed by atoms with Crippen molar-refractivity contribution in [2.75, 3.05) is 31.9 Å². The van der Waals surface area contributed by atoms with E-state index >= 15 is 0 Å². The van der Waals surface area contributed by atoms with E-state index in [1.54, 1.807) is 4.31 Å². The molecule has 6 heteroatoms. The summed E-state index contributed by atoms with van der Waals surface area (Å²) < 4.78 is 27.0. The maximum absolute atomic E-state index is 12.7. The summed E-state index contributed by atoms with van der Waals surface area (Å²) in [5, 5.41) is 0. The van der Waals surface area contributed by atoms with Crippen LogP contribution in [0.15, 0.2) is 30.3 Å². The summed E-state index contributed by atoms with van der Waals surface area (Å²) in [6.45, 7) is 2.58. The number of carbonyl (C=O) groups is 1. The van der Waals surface area contributed by atoms with Gasteiger partial charge in [-0.2, -0.15) is 0 Å². The van der Waals surface area contributed by atoms with Crippen molar-refractivity contribution >= 4 is 15.9 Å². The first kappa shape index (κ1) is 19.4. The third kappa shape index (κ3) is 5.07. The van der Waals surface area contributed by atoms with Gasteiger partial charge in [-0.25, -0.2) is 12.7 Å². The zero-order chi connectivity index (χ0) is 18.4. The van der Waals surface area contributed by atoms with E-state index in [4.69, 9.17) is 0 Å². The summed E-state index contributed by atoms with van der Waals surface area (Å²) in [6.07, 6.45) is 6.31. The first-order chi connectivity index (χ1) is 12.6. The minimum atomic E-state index is -3.29. The molecule has 2 aliphatic heterocycles. The molecule has 1 aromatic carbocycles. The molecule has 1 unspecified atom stereocenters. The van der Waals surface area contributed by atoms with E-state index in [9.17, 15) is 13.2 Å². The predicted molar refractivity (Wildman–Crippen MR) is 103 cm³/mol. The van der Waals surface area contributed by atoms with Crippen molar-refractivity contribution in [1.29, 1.82) is 0 Å². The second-order valence-corrected chi connectivity index (χ2v) is 9.58. The largest absolute Gasteiger partial charge is 0.342 e. The smallest absolute Gasteiger partial charge is 0.227 e. The van der Waals surface area contributed by atoms with E-state index in [0.717, 1.165) is 45.2 Å². The fourth-order valence-electron chi connectivity index (χ4n) is 4.00. The molecule has 2 saturated heterocycles. The fourth-order valence-corrected chi connectivity index (χ4v) is 5.58. The molecular weight excluding hydrogens is 348 g/mol. The summed E-state index contributed by atoms with van der Waals surface area (Å²) in [5.74, 6) is 0.159. The standard InChI is InChI=1S/C20H30N2O3S/c23-20(21-13-5-2-6-14-21)19-12-7-15-22(17-19)26(24,25)16-8-11-18-9-3-1-4-10-18/h1,3-4,9-10,19H,2,5-8,11-17H2. The number of rotatable bonds is 6. The van der Waals surface area contributed by atoms with E-state index in [1.165, 1.54) is 12.0 Å². The third-order valence-corrected chi connectivity index (χ3v) is 7.43. The summed E-state index contributed by atoms with van der Waals surface area (Å²) in [4.78, 5) is 14.7. The molecule has 0 bridgehead atoms. The Labute approximate surface area is 157 Å². The van der Waals surface area contributed by atoms with E-state index in [2.05, 4.69) is 0 Å². The van der Waals surface area contributed by atoms with E-state index in [0.29, 0.717) is 19.5 Å². The lowest BCUT2D eigenvalue weighted by Crippen LogP contribution is -2.48. The van der Waals surface area contributed by atoms with Crippen LogP contribution in [-0.2, 0) is 21.2 Å². The number of piperidine rings is 2. The van der Waals surface area contributed by atoms with Crippen LogP contribution in [0.4, 0.5) is 0 Å². The fraction of sp³-hybridized carbons (Fsp3) is 0.650. The lowest BCUT2D eigenvalue weighted by molar-refractivity contribution is -0.137. The van der Waals surface area contributed by atoms with Gasteiger partial charge in [0.1, 0.15) is 0 Å². The van der Waals surface area contributed by atoms with Crippen LogP contribution in [0, 0.1) is 5.92 Å².